The Balaban J connectivity index is 2.11. The Kier molecular flexibility index (Phi) is 4.71. The SMILES string of the molecule is C=CCSc1nc2c(c(=O)[nH]1)[C@@H](c1ccccc1OC)CC(=O)N2. The number of ether oxygens (including phenoxy) is 1. The second kappa shape index (κ2) is 6.92. The van der Waals surface area contributed by atoms with E-state index in [4.69, 9.17) is 4.74 Å². The van der Waals surface area contributed by atoms with Crippen LogP contribution in [-0.2, 0) is 4.79 Å². The molecular weight excluding hydrogens is 326 g/mol. The third-order valence-corrected chi connectivity index (χ3v) is 4.65. The van der Waals surface area contributed by atoms with E-state index in [0.717, 1.165) is 5.56 Å². The number of aromatic amines is 1. The first-order chi connectivity index (χ1) is 11.6. The molecule has 1 aliphatic rings. The number of hydrogen-bond donors (Lipinski definition) is 2. The molecule has 2 N–H and O–H groups in total. The minimum Gasteiger partial charge on any atom is -0.496 e. The van der Waals surface area contributed by atoms with Crippen LogP contribution in [0.1, 0.15) is 23.5 Å². The zero-order valence-electron chi connectivity index (χ0n) is 13.2. The summed E-state index contributed by atoms with van der Waals surface area (Å²) in [6, 6.07) is 7.40. The van der Waals surface area contributed by atoms with Gasteiger partial charge in [-0.05, 0) is 6.07 Å². The lowest BCUT2D eigenvalue weighted by molar-refractivity contribution is -0.116. The van der Waals surface area contributed by atoms with Crippen molar-refractivity contribution in [3.8, 4) is 5.75 Å². The lowest BCUT2D eigenvalue weighted by atomic mass is 9.86. The number of carbonyl (C=O) groups excluding carboxylic acids is 1. The van der Waals surface area contributed by atoms with Crippen molar-refractivity contribution in [3.05, 3.63) is 58.4 Å². The number of aromatic nitrogens is 2. The maximum Gasteiger partial charge on any atom is 0.257 e. The van der Waals surface area contributed by atoms with Gasteiger partial charge in [0, 0.05) is 23.7 Å². The van der Waals surface area contributed by atoms with Gasteiger partial charge in [-0.15, -0.1) is 6.58 Å². The second-order valence-electron chi connectivity index (χ2n) is 5.28. The molecule has 3 rings (SSSR count). The van der Waals surface area contributed by atoms with Gasteiger partial charge in [0.1, 0.15) is 11.6 Å². The van der Waals surface area contributed by atoms with Crippen LogP contribution in [0.3, 0.4) is 0 Å². The van der Waals surface area contributed by atoms with Crippen molar-refractivity contribution in [2.75, 3.05) is 18.2 Å². The summed E-state index contributed by atoms with van der Waals surface area (Å²) in [5.41, 5.74) is 1.01. The molecule has 1 aliphatic heterocycles. The van der Waals surface area contributed by atoms with Gasteiger partial charge >= 0.3 is 0 Å². The van der Waals surface area contributed by atoms with E-state index in [9.17, 15) is 9.59 Å². The van der Waals surface area contributed by atoms with Gasteiger partial charge < -0.3 is 15.0 Å². The lowest BCUT2D eigenvalue weighted by Crippen LogP contribution is -2.31. The number of nitrogens with one attached hydrogen (secondary N) is 2. The smallest absolute Gasteiger partial charge is 0.257 e. The number of benzene rings is 1. The van der Waals surface area contributed by atoms with Gasteiger partial charge in [-0.1, -0.05) is 36.0 Å². The number of H-pyrrole nitrogens is 1. The molecule has 24 heavy (non-hydrogen) atoms. The van der Waals surface area contributed by atoms with E-state index in [2.05, 4.69) is 21.9 Å². The van der Waals surface area contributed by atoms with Crippen molar-refractivity contribution in [3.63, 3.8) is 0 Å². The van der Waals surface area contributed by atoms with Crippen LogP contribution in [0.4, 0.5) is 5.82 Å². The average Bonchev–Trinajstić information content (AvgIpc) is 2.58. The highest BCUT2D eigenvalue weighted by atomic mass is 32.2. The van der Waals surface area contributed by atoms with Crippen molar-refractivity contribution in [1.29, 1.82) is 0 Å². The van der Waals surface area contributed by atoms with E-state index < -0.39 is 0 Å². The van der Waals surface area contributed by atoms with Gasteiger partial charge in [0.05, 0.1) is 12.7 Å². The van der Waals surface area contributed by atoms with Gasteiger partial charge in [-0.2, -0.15) is 0 Å². The predicted octanol–water partition coefficient (Wildman–Crippen LogP) is 2.53. The standard InChI is InChI=1S/C17H17N3O3S/c1-3-8-24-17-19-15-14(16(22)20-17)11(9-13(21)18-15)10-6-4-5-7-12(10)23-2/h3-7,11H,1,8-9H2,2H3,(H2,18,19,20,21,22)/t11-/m1/s1. The first-order valence-electron chi connectivity index (χ1n) is 7.44. The molecule has 0 saturated heterocycles. The Hall–Kier alpha value is -2.54. The molecule has 0 bridgehead atoms. The Morgan fingerprint density at radius 2 is 2.21 bits per heavy atom. The summed E-state index contributed by atoms with van der Waals surface area (Å²) in [4.78, 5) is 31.9. The summed E-state index contributed by atoms with van der Waals surface area (Å²) < 4.78 is 5.39. The van der Waals surface area contributed by atoms with E-state index in [1.165, 1.54) is 11.8 Å². The highest BCUT2D eigenvalue weighted by Gasteiger charge is 2.32. The van der Waals surface area contributed by atoms with Crippen molar-refractivity contribution in [2.24, 2.45) is 0 Å². The number of anilines is 1. The number of fused-ring (bicyclic) bond motifs is 1. The molecule has 0 fully saturated rings. The molecule has 2 aromatic rings. The zero-order valence-corrected chi connectivity index (χ0v) is 14.0. The highest BCUT2D eigenvalue weighted by Crippen LogP contribution is 2.38. The molecule has 1 aromatic carbocycles. The Bertz CT molecular complexity index is 847. The normalized spacial score (nSPS) is 16.2. The maximum absolute atomic E-state index is 12.6. The molecule has 1 atom stereocenters. The van der Waals surface area contributed by atoms with Crippen LogP contribution in [0, 0.1) is 0 Å². The molecule has 0 radical (unpaired) electrons. The van der Waals surface area contributed by atoms with Crippen LogP contribution < -0.4 is 15.6 Å². The molecule has 7 heteroatoms. The number of hydrogen-bond acceptors (Lipinski definition) is 5. The fraction of sp³-hybridized carbons (Fsp3) is 0.235. The monoisotopic (exact) mass is 343 g/mol. The van der Waals surface area contributed by atoms with Crippen molar-refractivity contribution < 1.29 is 9.53 Å². The van der Waals surface area contributed by atoms with Crippen LogP contribution >= 0.6 is 11.8 Å². The summed E-state index contributed by atoms with van der Waals surface area (Å²) >= 11 is 1.35. The maximum atomic E-state index is 12.6. The third kappa shape index (κ3) is 3.07. The summed E-state index contributed by atoms with van der Waals surface area (Å²) in [6.07, 6.45) is 1.90. The van der Waals surface area contributed by atoms with Crippen LogP contribution in [0.25, 0.3) is 0 Å². The predicted molar refractivity (Wildman–Crippen MR) is 93.9 cm³/mol. The molecule has 2 heterocycles. The molecule has 0 unspecified atom stereocenters. The first-order valence-corrected chi connectivity index (χ1v) is 8.43. The number of thioether (sulfide) groups is 1. The summed E-state index contributed by atoms with van der Waals surface area (Å²) in [5.74, 6) is 1.02. The van der Waals surface area contributed by atoms with Gasteiger partial charge in [0.25, 0.3) is 5.56 Å². The van der Waals surface area contributed by atoms with Crippen LogP contribution in [0.2, 0.25) is 0 Å². The van der Waals surface area contributed by atoms with Gasteiger partial charge in [-0.25, -0.2) is 4.98 Å². The Morgan fingerprint density at radius 1 is 1.42 bits per heavy atom. The number of methoxy groups -OCH3 is 1. The molecular formula is C17H17N3O3S. The van der Waals surface area contributed by atoms with Crippen LogP contribution in [-0.4, -0.2) is 28.7 Å². The largest absolute Gasteiger partial charge is 0.496 e. The minimum absolute atomic E-state index is 0.170. The van der Waals surface area contributed by atoms with E-state index in [1.54, 1.807) is 13.2 Å². The van der Waals surface area contributed by atoms with Crippen molar-refractivity contribution in [1.82, 2.24) is 9.97 Å². The number of nitrogens with zero attached hydrogens (tertiary/aromatic N) is 1. The zero-order chi connectivity index (χ0) is 17.1. The van der Waals surface area contributed by atoms with Gasteiger partial charge in [0.15, 0.2) is 5.16 Å². The minimum atomic E-state index is -0.389. The molecule has 1 amide bonds. The molecule has 0 saturated carbocycles. The van der Waals surface area contributed by atoms with Gasteiger partial charge in [0.2, 0.25) is 5.91 Å². The number of amides is 1. The number of carbonyl (C=O) groups is 1. The molecule has 124 valence electrons. The summed E-state index contributed by atoms with van der Waals surface area (Å²) in [6.45, 7) is 3.64. The number of para-hydroxylation sites is 1. The van der Waals surface area contributed by atoms with E-state index in [-0.39, 0.29) is 23.8 Å². The molecule has 6 nitrogen and oxygen atoms in total. The van der Waals surface area contributed by atoms with Crippen LogP contribution in [0.5, 0.6) is 5.75 Å². The topological polar surface area (TPSA) is 84.1 Å². The first kappa shape index (κ1) is 16.3. The van der Waals surface area contributed by atoms with Gasteiger partial charge in [-0.3, -0.25) is 9.59 Å². The quantitative estimate of drug-likeness (QED) is 0.495. The highest BCUT2D eigenvalue weighted by molar-refractivity contribution is 7.99. The molecule has 0 spiro atoms. The fourth-order valence-corrected chi connectivity index (χ4v) is 3.37. The lowest BCUT2D eigenvalue weighted by Gasteiger charge is -2.25. The summed E-state index contributed by atoms with van der Waals surface area (Å²) in [7, 11) is 1.57. The van der Waals surface area contributed by atoms with Crippen molar-refractivity contribution in [2.45, 2.75) is 17.5 Å². The third-order valence-electron chi connectivity index (χ3n) is 3.78. The van der Waals surface area contributed by atoms with Crippen LogP contribution in [0.15, 0.2) is 46.9 Å². The Morgan fingerprint density at radius 3 is 2.96 bits per heavy atom. The average molecular weight is 343 g/mol. The molecule has 1 aromatic heterocycles. The fourth-order valence-electron chi connectivity index (χ4n) is 2.78. The number of rotatable bonds is 5. The van der Waals surface area contributed by atoms with E-state index >= 15 is 0 Å². The molecule has 0 aliphatic carbocycles. The van der Waals surface area contributed by atoms with E-state index in [0.29, 0.717) is 28.0 Å². The van der Waals surface area contributed by atoms with Crippen molar-refractivity contribution >= 4 is 23.5 Å². The summed E-state index contributed by atoms with van der Waals surface area (Å²) in [5, 5.41) is 3.16. The Labute approximate surface area is 143 Å². The van der Waals surface area contributed by atoms with E-state index in [1.807, 2.05) is 24.3 Å². The second-order valence-corrected chi connectivity index (χ2v) is 6.29.